The number of aromatic hydroxyl groups is 1. The van der Waals surface area contributed by atoms with Gasteiger partial charge < -0.3 is 10.4 Å². The van der Waals surface area contributed by atoms with E-state index in [9.17, 15) is 5.11 Å². The van der Waals surface area contributed by atoms with Gasteiger partial charge in [-0.05, 0) is 46.5 Å². The quantitative estimate of drug-likeness (QED) is 0.850. The molecule has 0 saturated carbocycles. The molecule has 2 aromatic rings. The molecule has 0 spiro atoms. The third-order valence-corrected chi connectivity index (χ3v) is 3.43. The molecule has 1 aromatic heterocycles. The second-order valence-corrected chi connectivity index (χ2v) is 4.60. The number of phenols is 1. The molecule has 84 valence electrons. The summed E-state index contributed by atoms with van der Waals surface area (Å²) < 4.78 is 0. The third-order valence-electron chi connectivity index (χ3n) is 2.52. The summed E-state index contributed by atoms with van der Waals surface area (Å²) in [4.78, 5) is 0. The Labute approximate surface area is 99.6 Å². The molecule has 0 saturated heterocycles. The van der Waals surface area contributed by atoms with E-state index in [4.69, 9.17) is 0 Å². The third kappa shape index (κ3) is 2.84. The summed E-state index contributed by atoms with van der Waals surface area (Å²) in [5.41, 5.74) is 3.80. The molecule has 16 heavy (non-hydrogen) atoms. The Kier molecular flexibility index (Phi) is 3.59. The highest BCUT2D eigenvalue weighted by molar-refractivity contribution is 7.08. The molecule has 0 bridgehead atoms. The normalized spacial score (nSPS) is 10.6. The van der Waals surface area contributed by atoms with Crippen LogP contribution >= 0.6 is 11.3 Å². The number of aryl methyl sites for hydroxylation is 1. The van der Waals surface area contributed by atoms with Gasteiger partial charge in [0.25, 0.3) is 0 Å². The summed E-state index contributed by atoms with van der Waals surface area (Å²) in [5.74, 6) is 0.325. The molecule has 0 radical (unpaired) electrons. The lowest BCUT2D eigenvalue weighted by atomic mass is 10.2. The Bertz CT molecular complexity index is 464. The van der Waals surface area contributed by atoms with Crippen molar-refractivity contribution in [1.29, 1.82) is 0 Å². The van der Waals surface area contributed by atoms with Crippen molar-refractivity contribution in [2.75, 3.05) is 0 Å². The van der Waals surface area contributed by atoms with Gasteiger partial charge in [0.1, 0.15) is 5.75 Å². The van der Waals surface area contributed by atoms with Crippen LogP contribution in [0.2, 0.25) is 0 Å². The maximum absolute atomic E-state index is 9.31. The van der Waals surface area contributed by atoms with Gasteiger partial charge in [-0.2, -0.15) is 11.3 Å². The number of rotatable bonds is 4. The molecule has 1 aromatic carbocycles. The van der Waals surface area contributed by atoms with E-state index < -0.39 is 0 Å². The van der Waals surface area contributed by atoms with Crippen LogP contribution in [0.15, 0.2) is 35.0 Å². The highest BCUT2D eigenvalue weighted by atomic mass is 32.1. The minimum atomic E-state index is 0.325. The Morgan fingerprint density at radius 3 is 2.81 bits per heavy atom. The minimum absolute atomic E-state index is 0.325. The zero-order valence-electron chi connectivity index (χ0n) is 9.23. The van der Waals surface area contributed by atoms with E-state index in [2.05, 4.69) is 23.0 Å². The topological polar surface area (TPSA) is 32.3 Å². The Balaban J connectivity index is 1.87. The van der Waals surface area contributed by atoms with E-state index in [1.165, 1.54) is 11.1 Å². The van der Waals surface area contributed by atoms with Crippen LogP contribution < -0.4 is 5.32 Å². The van der Waals surface area contributed by atoms with Gasteiger partial charge in [0.15, 0.2) is 0 Å². The van der Waals surface area contributed by atoms with Crippen LogP contribution in [0.25, 0.3) is 0 Å². The van der Waals surface area contributed by atoms with Crippen LogP contribution in [0.3, 0.4) is 0 Å². The minimum Gasteiger partial charge on any atom is -0.508 e. The maximum Gasteiger partial charge on any atom is 0.115 e. The number of thiophene rings is 1. The lowest BCUT2D eigenvalue weighted by molar-refractivity contribution is 0.474. The Morgan fingerprint density at radius 2 is 2.12 bits per heavy atom. The molecule has 0 atom stereocenters. The Morgan fingerprint density at radius 1 is 1.25 bits per heavy atom. The number of benzene rings is 1. The lowest BCUT2D eigenvalue weighted by Crippen LogP contribution is -2.12. The van der Waals surface area contributed by atoms with Crippen molar-refractivity contribution in [3.63, 3.8) is 0 Å². The van der Waals surface area contributed by atoms with Gasteiger partial charge in [0, 0.05) is 13.1 Å². The van der Waals surface area contributed by atoms with Gasteiger partial charge in [-0.25, -0.2) is 0 Å². The molecule has 2 N–H and O–H groups in total. The summed E-state index contributed by atoms with van der Waals surface area (Å²) in [5, 5.41) is 17.0. The number of phenolic OH excluding ortho intramolecular Hbond substituents is 1. The van der Waals surface area contributed by atoms with Gasteiger partial charge in [-0.15, -0.1) is 0 Å². The smallest absolute Gasteiger partial charge is 0.115 e. The van der Waals surface area contributed by atoms with E-state index >= 15 is 0 Å². The molecule has 1 heterocycles. The first-order valence-electron chi connectivity index (χ1n) is 5.26. The first-order valence-corrected chi connectivity index (χ1v) is 6.20. The molecule has 0 aliphatic rings. The molecule has 2 nitrogen and oxygen atoms in total. The highest BCUT2D eigenvalue weighted by Crippen LogP contribution is 2.14. The van der Waals surface area contributed by atoms with Crippen molar-refractivity contribution in [2.45, 2.75) is 20.0 Å². The van der Waals surface area contributed by atoms with Crippen LogP contribution in [0, 0.1) is 6.92 Å². The fourth-order valence-corrected chi connectivity index (χ4v) is 2.43. The molecule has 3 heteroatoms. The van der Waals surface area contributed by atoms with E-state index in [0.717, 1.165) is 18.7 Å². The number of nitrogens with one attached hydrogen (secondary N) is 1. The van der Waals surface area contributed by atoms with Crippen LogP contribution in [-0.2, 0) is 13.1 Å². The maximum atomic E-state index is 9.31. The van der Waals surface area contributed by atoms with Crippen LogP contribution in [0.5, 0.6) is 5.75 Å². The number of hydrogen-bond acceptors (Lipinski definition) is 3. The SMILES string of the molecule is Cc1cscc1CNCc1cccc(O)c1. The van der Waals surface area contributed by atoms with Crippen molar-refractivity contribution in [2.24, 2.45) is 0 Å². The number of hydrogen-bond donors (Lipinski definition) is 2. The van der Waals surface area contributed by atoms with E-state index in [-0.39, 0.29) is 0 Å². The first-order chi connectivity index (χ1) is 7.75. The lowest BCUT2D eigenvalue weighted by Gasteiger charge is -2.05. The summed E-state index contributed by atoms with van der Waals surface area (Å²) in [6.45, 7) is 3.79. The molecular formula is C13H15NOS. The highest BCUT2D eigenvalue weighted by Gasteiger charge is 1.99. The summed E-state index contributed by atoms with van der Waals surface area (Å²) >= 11 is 1.73. The van der Waals surface area contributed by atoms with Crippen LogP contribution in [0.1, 0.15) is 16.7 Å². The van der Waals surface area contributed by atoms with Crippen molar-refractivity contribution in [3.05, 3.63) is 51.7 Å². The van der Waals surface area contributed by atoms with Crippen molar-refractivity contribution < 1.29 is 5.11 Å². The zero-order valence-corrected chi connectivity index (χ0v) is 10.1. The molecular weight excluding hydrogens is 218 g/mol. The fraction of sp³-hybridized carbons (Fsp3) is 0.231. The molecule has 0 aliphatic heterocycles. The van der Waals surface area contributed by atoms with Gasteiger partial charge in [-0.1, -0.05) is 12.1 Å². The van der Waals surface area contributed by atoms with E-state index in [0.29, 0.717) is 5.75 Å². The van der Waals surface area contributed by atoms with Gasteiger partial charge in [-0.3, -0.25) is 0 Å². The summed E-state index contributed by atoms with van der Waals surface area (Å²) in [6.07, 6.45) is 0. The van der Waals surface area contributed by atoms with Crippen molar-refractivity contribution in [3.8, 4) is 5.75 Å². The van der Waals surface area contributed by atoms with Gasteiger partial charge in [0.2, 0.25) is 0 Å². The van der Waals surface area contributed by atoms with Crippen molar-refractivity contribution in [1.82, 2.24) is 5.32 Å². The van der Waals surface area contributed by atoms with Gasteiger partial charge >= 0.3 is 0 Å². The van der Waals surface area contributed by atoms with E-state index in [1.807, 2.05) is 12.1 Å². The summed E-state index contributed by atoms with van der Waals surface area (Å²) in [6, 6.07) is 7.34. The second-order valence-electron chi connectivity index (χ2n) is 3.85. The fourth-order valence-electron chi connectivity index (χ4n) is 1.58. The molecule has 2 rings (SSSR count). The largest absolute Gasteiger partial charge is 0.508 e. The Hall–Kier alpha value is -1.32. The summed E-state index contributed by atoms with van der Waals surface area (Å²) in [7, 11) is 0. The molecule has 0 amide bonds. The molecule has 0 fully saturated rings. The van der Waals surface area contributed by atoms with Gasteiger partial charge in [0.05, 0.1) is 0 Å². The van der Waals surface area contributed by atoms with Crippen LogP contribution in [0.4, 0.5) is 0 Å². The predicted octanol–water partition coefficient (Wildman–Crippen LogP) is 3.05. The van der Waals surface area contributed by atoms with Crippen molar-refractivity contribution >= 4 is 11.3 Å². The standard InChI is InChI=1S/C13H15NOS/c1-10-8-16-9-12(10)7-14-6-11-3-2-4-13(15)5-11/h2-5,8-9,14-15H,6-7H2,1H3. The molecule has 0 aliphatic carbocycles. The second kappa shape index (κ2) is 5.14. The average Bonchev–Trinajstić information content (AvgIpc) is 2.65. The molecule has 0 unspecified atom stereocenters. The monoisotopic (exact) mass is 233 g/mol. The van der Waals surface area contributed by atoms with Crippen LogP contribution in [-0.4, -0.2) is 5.11 Å². The van der Waals surface area contributed by atoms with E-state index in [1.54, 1.807) is 23.5 Å². The average molecular weight is 233 g/mol. The predicted molar refractivity (Wildman–Crippen MR) is 67.7 cm³/mol. The zero-order chi connectivity index (χ0) is 11.4. The first kappa shape index (κ1) is 11.2.